The van der Waals surface area contributed by atoms with E-state index in [1.165, 1.54) is 0 Å². The van der Waals surface area contributed by atoms with Crippen LogP contribution in [0.3, 0.4) is 0 Å². The highest BCUT2D eigenvalue weighted by molar-refractivity contribution is 9.10. The molecule has 1 aromatic rings. The zero-order valence-electron chi connectivity index (χ0n) is 10.2. The first-order valence-electron chi connectivity index (χ1n) is 5.96. The highest BCUT2D eigenvalue weighted by Crippen LogP contribution is 2.38. The van der Waals surface area contributed by atoms with Crippen molar-refractivity contribution < 1.29 is 14.7 Å². The monoisotopic (exact) mass is 343 g/mol. The number of carboxylic acid groups (broad SMARTS) is 1. The van der Waals surface area contributed by atoms with Crippen molar-refractivity contribution in [3.05, 3.63) is 34.3 Å². The van der Waals surface area contributed by atoms with Crippen LogP contribution >= 0.6 is 27.7 Å². The number of halogens is 1. The molecular weight excluding hydrogens is 330 g/mol. The number of carbonyl (C=O) groups excluding carboxylic acids is 1. The first kappa shape index (κ1) is 14.4. The van der Waals surface area contributed by atoms with Crippen LogP contribution in [0.25, 0.3) is 0 Å². The van der Waals surface area contributed by atoms with Crippen LogP contribution in [-0.4, -0.2) is 34.2 Å². The molecular formula is C13H14BrNO3S. The average molecular weight is 344 g/mol. The van der Waals surface area contributed by atoms with Gasteiger partial charge in [-0.15, -0.1) is 11.8 Å². The lowest BCUT2D eigenvalue weighted by Crippen LogP contribution is -2.30. The molecule has 0 spiro atoms. The highest BCUT2D eigenvalue weighted by atomic mass is 79.9. The first-order valence-corrected chi connectivity index (χ1v) is 7.80. The summed E-state index contributed by atoms with van der Waals surface area (Å²) < 4.78 is 1.00. The Morgan fingerprint density at radius 3 is 2.63 bits per heavy atom. The summed E-state index contributed by atoms with van der Waals surface area (Å²) in [4.78, 5) is 24.3. The maximum Gasteiger partial charge on any atom is 0.303 e. The van der Waals surface area contributed by atoms with Gasteiger partial charge in [-0.2, -0.15) is 0 Å². The topological polar surface area (TPSA) is 57.6 Å². The number of amides is 1. The summed E-state index contributed by atoms with van der Waals surface area (Å²) in [6.45, 7) is 0.684. The minimum Gasteiger partial charge on any atom is -0.481 e. The fourth-order valence-electron chi connectivity index (χ4n) is 1.99. The average Bonchev–Trinajstić information content (AvgIpc) is 2.86. The molecule has 1 atom stereocenters. The lowest BCUT2D eigenvalue weighted by atomic mass is 10.2. The van der Waals surface area contributed by atoms with Crippen molar-refractivity contribution in [2.75, 3.05) is 12.3 Å². The Morgan fingerprint density at radius 1 is 1.32 bits per heavy atom. The van der Waals surface area contributed by atoms with Crippen molar-refractivity contribution in [3.63, 3.8) is 0 Å². The van der Waals surface area contributed by atoms with Gasteiger partial charge in [-0.3, -0.25) is 9.59 Å². The molecule has 0 bridgehead atoms. The largest absolute Gasteiger partial charge is 0.481 e. The normalized spacial score (nSPS) is 18.6. The number of carbonyl (C=O) groups is 2. The van der Waals surface area contributed by atoms with E-state index in [0.29, 0.717) is 6.54 Å². The van der Waals surface area contributed by atoms with Gasteiger partial charge in [-0.05, 0) is 17.7 Å². The minimum atomic E-state index is -0.930. The molecule has 19 heavy (non-hydrogen) atoms. The van der Waals surface area contributed by atoms with E-state index >= 15 is 0 Å². The molecule has 1 fully saturated rings. The maximum absolute atomic E-state index is 12.0. The third-order valence-electron chi connectivity index (χ3n) is 2.92. The Kier molecular flexibility index (Phi) is 4.87. The third-order valence-corrected chi connectivity index (χ3v) is 4.71. The molecule has 0 radical (unpaired) electrons. The second kappa shape index (κ2) is 6.43. The number of benzene rings is 1. The molecule has 4 nitrogen and oxygen atoms in total. The van der Waals surface area contributed by atoms with E-state index in [4.69, 9.17) is 5.11 Å². The number of hydrogen-bond donors (Lipinski definition) is 1. The number of rotatable bonds is 4. The van der Waals surface area contributed by atoms with Crippen LogP contribution in [0.15, 0.2) is 28.7 Å². The molecule has 0 saturated carbocycles. The van der Waals surface area contributed by atoms with E-state index in [2.05, 4.69) is 15.9 Å². The summed E-state index contributed by atoms with van der Waals surface area (Å²) in [6.07, 6.45) is -0.0318. The van der Waals surface area contributed by atoms with Crippen LogP contribution in [0.5, 0.6) is 0 Å². The zero-order valence-corrected chi connectivity index (χ0v) is 12.6. The highest BCUT2D eigenvalue weighted by Gasteiger charge is 2.30. The van der Waals surface area contributed by atoms with E-state index in [9.17, 15) is 9.59 Å². The molecule has 1 aliphatic rings. The van der Waals surface area contributed by atoms with E-state index < -0.39 is 5.97 Å². The molecule has 1 amide bonds. The number of nitrogens with zero attached hydrogens (tertiary/aromatic N) is 1. The molecule has 1 heterocycles. The summed E-state index contributed by atoms with van der Waals surface area (Å²) in [5.41, 5.74) is 1.08. The van der Waals surface area contributed by atoms with Crippen molar-refractivity contribution in [1.82, 2.24) is 4.90 Å². The second-order valence-electron chi connectivity index (χ2n) is 4.26. The second-order valence-corrected chi connectivity index (χ2v) is 6.36. The molecule has 102 valence electrons. The predicted octanol–water partition coefficient (Wildman–Crippen LogP) is 2.89. The summed E-state index contributed by atoms with van der Waals surface area (Å²) in [5, 5.41) is 8.65. The van der Waals surface area contributed by atoms with Crippen LogP contribution < -0.4 is 0 Å². The van der Waals surface area contributed by atoms with E-state index in [0.717, 1.165) is 15.8 Å². The van der Waals surface area contributed by atoms with Crippen LogP contribution in [0.4, 0.5) is 0 Å². The Morgan fingerprint density at radius 2 is 2.00 bits per heavy atom. The van der Waals surface area contributed by atoms with Crippen molar-refractivity contribution in [2.24, 2.45) is 0 Å². The number of aliphatic carboxylic acids is 1. The smallest absolute Gasteiger partial charge is 0.303 e. The quantitative estimate of drug-likeness (QED) is 0.913. The SMILES string of the molecule is O=C(O)CCC(=O)N1CCSC1c1ccc(Br)cc1. The van der Waals surface area contributed by atoms with Crippen LogP contribution in [-0.2, 0) is 9.59 Å². The molecule has 1 unspecified atom stereocenters. The molecule has 2 rings (SSSR count). The Bertz CT molecular complexity index is 477. The van der Waals surface area contributed by atoms with Crippen LogP contribution in [0, 0.1) is 0 Å². The summed E-state index contributed by atoms with van der Waals surface area (Å²) >= 11 is 5.10. The molecule has 0 aromatic heterocycles. The Labute approximate surface area is 124 Å². The molecule has 1 aliphatic heterocycles. The summed E-state index contributed by atoms with van der Waals surface area (Å²) in [6, 6.07) is 7.89. The number of carboxylic acids is 1. The summed E-state index contributed by atoms with van der Waals surface area (Å²) in [7, 11) is 0. The van der Waals surface area contributed by atoms with Gasteiger partial charge >= 0.3 is 5.97 Å². The van der Waals surface area contributed by atoms with Crippen molar-refractivity contribution in [3.8, 4) is 0 Å². The fourth-order valence-corrected chi connectivity index (χ4v) is 3.53. The number of hydrogen-bond acceptors (Lipinski definition) is 3. The van der Waals surface area contributed by atoms with E-state index in [1.54, 1.807) is 16.7 Å². The van der Waals surface area contributed by atoms with Gasteiger partial charge in [0.2, 0.25) is 5.91 Å². The van der Waals surface area contributed by atoms with Gasteiger partial charge in [0.25, 0.3) is 0 Å². The van der Waals surface area contributed by atoms with Gasteiger partial charge in [0, 0.05) is 23.2 Å². The Hall–Kier alpha value is -1.01. The summed E-state index contributed by atoms with van der Waals surface area (Å²) in [5.74, 6) is -0.125. The van der Waals surface area contributed by atoms with E-state index in [1.807, 2.05) is 24.3 Å². The van der Waals surface area contributed by atoms with E-state index in [-0.39, 0.29) is 24.1 Å². The fraction of sp³-hybridized carbons (Fsp3) is 0.385. The molecule has 0 aliphatic carbocycles. The van der Waals surface area contributed by atoms with Crippen LogP contribution in [0.1, 0.15) is 23.8 Å². The van der Waals surface area contributed by atoms with Crippen molar-refractivity contribution >= 4 is 39.6 Å². The van der Waals surface area contributed by atoms with Crippen LogP contribution in [0.2, 0.25) is 0 Å². The molecule has 6 heteroatoms. The third kappa shape index (κ3) is 3.73. The first-order chi connectivity index (χ1) is 9.08. The molecule has 1 N–H and O–H groups in total. The van der Waals surface area contributed by atoms with Gasteiger partial charge in [-0.25, -0.2) is 0 Å². The minimum absolute atomic E-state index is 0.00870. The lowest BCUT2D eigenvalue weighted by Gasteiger charge is -2.24. The maximum atomic E-state index is 12.0. The van der Waals surface area contributed by atoms with Gasteiger partial charge in [0.05, 0.1) is 6.42 Å². The van der Waals surface area contributed by atoms with Crippen molar-refractivity contribution in [1.29, 1.82) is 0 Å². The van der Waals surface area contributed by atoms with Gasteiger partial charge < -0.3 is 10.0 Å². The van der Waals surface area contributed by atoms with Gasteiger partial charge in [0.1, 0.15) is 5.37 Å². The Balaban J connectivity index is 2.06. The molecule has 1 saturated heterocycles. The standard InChI is InChI=1S/C13H14BrNO3S/c14-10-3-1-9(2-4-10)13-15(7-8-19-13)11(16)5-6-12(17)18/h1-4,13H,5-8H2,(H,17,18). The predicted molar refractivity (Wildman–Crippen MR) is 77.9 cm³/mol. The number of thioether (sulfide) groups is 1. The van der Waals surface area contributed by atoms with Gasteiger partial charge in [-0.1, -0.05) is 28.1 Å². The zero-order chi connectivity index (χ0) is 13.8. The van der Waals surface area contributed by atoms with Crippen molar-refractivity contribution in [2.45, 2.75) is 18.2 Å². The lowest BCUT2D eigenvalue weighted by molar-refractivity contribution is -0.141. The van der Waals surface area contributed by atoms with Gasteiger partial charge in [0.15, 0.2) is 0 Å². The molecule has 1 aromatic carbocycles.